The van der Waals surface area contributed by atoms with Gasteiger partial charge in [-0.3, -0.25) is 14.4 Å². The molecule has 0 unspecified atom stereocenters. The molecular weight excluding hydrogens is 369 g/mol. The van der Waals surface area contributed by atoms with E-state index in [1.165, 1.54) is 17.8 Å². The molecule has 0 saturated carbocycles. The minimum absolute atomic E-state index is 0.266. The summed E-state index contributed by atoms with van der Waals surface area (Å²) in [4.78, 5) is 36.8. The van der Waals surface area contributed by atoms with Gasteiger partial charge in [0.05, 0.1) is 5.25 Å². The van der Waals surface area contributed by atoms with Crippen LogP contribution in [0.5, 0.6) is 0 Å². The van der Waals surface area contributed by atoms with Crippen LogP contribution in [0.15, 0.2) is 24.3 Å². The Bertz CT molecular complexity index is 720. The lowest BCUT2D eigenvalue weighted by molar-refractivity contribution is -0.132. The average molecular weight is 396 g/mol. The van der Waals surface area contributed by atoms with Crippen LogP contribution in [0.25, 0.3) is 0 Å². The zero-order valence-electron chi connectivity index (χ0n) is 16.0. The highest BCUT2D eigenvalue weighted by Crippen LogP contribution is 2.23. The first kappa shape index (κ1) is 21.2. The summed E-state index contributed by atoms with van der Waals surface area (Å²) in [5.74, 6) is -0.977. The second-order valence-corrected chi connectivity index (χ2v) is 8.88. The number of hydrogen-bond donors (Lipinski definition) is 3. The van der Waals surface area contributed by atoms with E-state index in [0.717, 1.165) is 0 Å². The number of carbonyl (C=O) groups is 3. The third-order valence-electron chi connectivity index (χ3n) is 4.00. The zero-order valence-corrected chi connectivity index (χ0v) is 16.8. The van der Waals surface area contributed by atoms with E-state index in [9.17, 15) is 18.8 Å². The van der Waals surface area contributed by atoms with Crippen molar-refractivity contribution in [2.45, 2.75) is 57.0 Å². The Kier molecular flexibility index (Phi) is 6.86. The number of halogens is 1. The third-order valence-corrected chi connectivity index (χ3v) is 5.31. The molecule has 6 nitrogen and oxygen atoms in total. The molecule has 0 radical (unpaired) electrons. The molecule has 0 bridgehead atoms. The quantitative estimate of drug-likeness (QED) is 0.703. The summed E-state index contributed by atoms with van der Waals surface area (Å²) >= 11 is 1.32. The van der Waals surface area contributed by atoms with Crippen LogP contribution in [0.3, 0.4) is 0 Å². The van der Waals surface area contributed by atoms with Gasteiger partial charge in [-0.1, -0.05) is 18.2 Å². The number of amides is 3. The van der Waals surface area contributed by atoms with Gasteiger partial charge in [0, 0.05) is 11.3 Å². The van der Waals surface area contributed by atoms with Crippen molar-refractivity contribution in [3.8, 4) is 0 Å². The summed E-state index contributed by atoms with van der Waals surface area (Å²) in [5.41, 5.74) is 0.0748. The fourth-order valence-electron chi connectivity index (χ4n) is 2.61. The number of nitrogens with one attached hydrogen (secondary N) is 3. The van der Waals surface area contributed by atoms with Crippen LogP contribution in [-0.4, -0.2) is 46.3 Å². The summed E-state index contributed by atoms with van der Waals surface area (Å²) in [6.07, 6.45) is 0.266. The molecule has 2 rings (SSSR count). The molecule has 0 aromatic heterocycles. The van der Waals surface area contributed by atoms with Gasteiger partial charge in [0.25, 0.3) is 0 Å². The first-order valence-corrected chi connectivity index (χ1v) is 9.89. The van der Waals surface area contributed by atoms with Crippen LogP contribution < -0.4 is 16.0 Å². The van der Waals surface area contributed by atoms with E-state index < -0.39 is 28.8 Å². The monoisotopic (exact) mass is 395 g/mol. The van der Waals surface area contributed by atoms with Crippen molar-refractivity contribution in [2.24, 2.45) is 0 Å². The number of hydrogen-bond acceptors (Lipinski definition) is 4. The minimum atomic E-state index is -0.718. The summed E-state index contributed by atoms with van der Waals surface area (Å²) in [6, 6.07) is 4.91. The maximum Gasteiger partial charge on any atom is 0.244 e. The summed E-state index contributed by atoms with van der Waals surface area (Å²) in [6.45, 7) is 7.16. The lowest BCUT2D eigenvalue weighted by atomic mass is 10.1. The molecule has 27 heavy (non-hydrogen) atoms. The topological polar surface area (TPSA) is 87.3 Å². The van der Waals surface area contributed by atoms with Gasteiger partial charge in [-0.05, 0) is 45.7 Å². The Balaban J connectivity index is 1.88. The lowest BCUT2D eigenvalue weighted by Crippen LogP contribution is -2.58. The molecule has 1 aromatic carbocycles. The van der Waals surface area contributed by atoms with Gasteiger partial charge >= 0.3 is 0 Å². The maximum absolute atomic E-state index is 13.8. The first-order chi connectivity index (χ1) is 12.6. The van der Waals surface area contributed by atoms with Gasteiger partial charge in [-0.15, -0.1) is 11.8 Å². The summed E-state index contributed by atoms with van der Waals surface area (Å²) < 4.78 is 13.8. The Morgan fingerprint density at radius 2 is 2.00 bits per heavy atom. The number of benzene rings is 1. The molecule has 3 N–H and O–H groups in total. The van der Waals surface area contributed by atoms with E-state index in [2.05, 4.69) is 16.0 Å². The smallest absolute Gasteiger partial charge is 0.244 e. The second-order valence-electron chi connectivity index (χ2n) is 7.65. The summed E-state index contributed by atoms with van der Waals surface area (Å²) in [5, 5.41) is 7.64. The van der Waals surface area contributed by atoms with E-state index >= 15 is 0 Å². The molecule has 1 saturated heterocycles. The van der Waals surface area contributed by atoms with Crippen LogP contribution >= 0.6 is 11.8 Å². The van der Waals surface area contributed by atoms with Crippen molar-refractivity contribution >= 4 is 29.5 Å². The molecule has 3 atom stereocenters. The van der Waals surface area contributed by atoms with Crippen LogP contribution in [0.1, 0.15) is 33.3 Å². The highest BCUT2D eigenvalue weighted by atomic mass is 32.2. The molecule has 1 aliphatic heterocycles. The lowest BCUT2D eigenvalue weighted by Gasteiger charge is -2.29. The van der Waals surface area contributed by atoms with Gasteiger partial charge in [0.15, 0.2) is 0 Å². The van der Waals surface area contributed by atoms with Crippen molar-refractivity contribution in [3.63, 3.8) is 0 Å². The van der Waals surface area contributed by atoms with Gasteiger partial charge in [0.2, 0.25) is 17.7 Å². The first-order valence-electron chi connectivity index (χ1n) is 8.84. The van der Waals surface area contributed by atoms with Crippen molar-refractivity contribution in [1.29, 1.82) is 0 Å². The Morgan fingerprint density at radius 1 is 1.33 bits per heavy atom. The van der Waals surface area contributed by atoms with E-state index in [1.807, 2.05) is 20.8 Å². The molecule has 8 heteroatoms. The Morgan fingerprint density at radius 3 is 2.59 bits per heavy atom. The average Bonchev–Trinajstić information content (AvgIpc) is 2.56. The number of carbonyl (C=O) groups excluding carboxylic acids is 3. The number of thioether (sulfide) groups is 1. The molecule has 0 aliphatic carbocycles. The Hall–Kier alpha value is -2.09. The van der Waals surface area contributed by atoms with E-state index in [1.54, 1.807) is 25.1 Å². The van der Waals surface area contributed by atoms with Crippen molar-refractivity contribution < 1.29 is 18.8 Å². The molecule has 1 aliphatic rings. The molecule has 148 valence electrons. The van der Waals surface area contributed by atoms with Gasteiger partial charge < -0.3 is 16.0 Å². The van der Waals surface area contributed by atoms with Crippen LogP contribution in [0.4, 0.5) is 4.39 Å². The fourth-order valence-corrected chi connectivity index (χ4v) is 3.78. The Labute approximate surface area is 163 Å². The molecule has 1 fully saturated rings. The normalized spacial score (nSPS) is 21.1. The van der Waals surface area contributed by atoms with Crippen LogP contribution in [-0.2, 0) is 20.8 Å². The van der Waals surface area contributed by atoms with Crippen molar-refractivity contribution in [3.05, 3.63) is 35.6 Å². The second kappa shape index (κ2) is 8.73. The van der Waals surface area contributed by atoms with Crippen LogP contribution in [0.2, 0.25) is 0 Å². The van der Waals surface area contributed by atoms with E-state index in [0.29, 0.717) is 11.3 Å². The van der Waals surface area contributed by atoms with Gasteiger partial charge in [-0.2, -0.15) is 0 Å². The largest absolute Gasteiger partial charge is 0.350 e. The molecule has 0 spiro atoms. The highest BCUT2D eigenvalue weighted by Gasteiger charge is 2.34. The summed E-state index contributed by atoms with van der Waals surface area (Å²) in [7, 11) is 0. The highest BCUT2D eigenvalue weighted by molar-refractivity contribution is 8.00. The zero-order chi connectivity index (χ0) is 20.2. The maximum atomic E-state index is 13.8. The van der Waals surface area contributed by atoms with Crippen molar-refractivity contribution in [2.75, 3.05) is 5.75 Å². The predicted molar refractivity (Wildman–Crippen MR) is 104 cm³/mol. The molecule has 1 heterocycles. The minimum Gasteiger partial charge on any atom is -0.350 e. The fraction of sp³-hybridized carbons (Fsp3) is 0.526. The predicted octanol–water partition coefficient (Wildman–Crippen LogP) is 1.39. The van der Waals surface area contributed by atoms with Crippen molar-refractivity contribution in [1.82, 2.24) is 16.0 Å². The van der Waals surface area contributed by atoms with E-state index in [4.69, 9.17) is 0 Å². The van der Waals surface area contributed by atoms with Gasteiger partial charge in [0.1, 0.15) is 17.9 Å². The van der Waals surface area contributed by atoms with Gasteiger partial charge in [-0.25, -0.2) is 4.39 Å². The molecular formula is C19H26FN3O3S. The molecule has 3 amide bonds. The third kappa shape index (κ3) is 6.23. The standard InChI is InChI=1S/C19H26FN3O3S/c1-11(16(24)23-19(2,3)4)21-17(25)14-10-27-15(18(26)22-14)9-12-7-5-6-8-13(12)20/h5-8,11,14-15H,9-10H2,1-4H3,(H,21,25)(H,22,26)(H,23,24)/t11-,14+,15-/m0/s1. The van der Waals surface area contributed by atoms with E-state index in [-0.39, 0.29) is 24.1 Å². The SMILES string of the molecule is C[C@H](NC(=O)[C@H]1CS[C@@H](Cc2ccccc2F)C(=O)N1)C(=O)NC(C)(C)C. The van der Waals surface area contributed by atoms with Crippen LogP contribution in [0, 0.1) is 5.82 Å². The number of rotatable bonds is 5. The molecule has 1 aromatic rings.